The summed E-state index contributed by atoms with van der Waals surface area (Å²) in [7, 11) is 0. The van der Waals surface area contributed by atoms with Gasteiger partial charge in [-0.1, -0.05) is 55.7 Å². The van der Waals surface area contributed by atoms with Crippen molar-refractivity contribution in [2.24, 2.45) is 0 Å². The van der Waals surface area contributed by atoms with Crippen LogP contribution in [-0.2, 0) is 12.8 Å². The maximum atomic E-state index is 13.6. The molecule has 3 heteroatoms. The first-order valence-electron chi connectivity index (χ1n) is 11.5. The number of hydrogen-bond acceptors (Lipinski definition) is 3. The van der Waals surface area contributed by atoms with Crippen LogP contribution in [0.3, 0.4) is 0 Å². The summed E-state index contributed by atoms with van der Waals surface area (Å²) in [5.41, 5.74) is 7.71. The molecule has 0 aromatic heterocycles. The lowest BCUT2D eigenvalue weighted by molar-refractivity contribution is 0.102. The molecule has 1 aliphatic carbocycles. The zero-order chi connectivity index (χ0) is 23.3. The molecule has 1 aliphatic rings. The third-order valence-corrected chi connectivity index (χ3v) is 6.30. The van der Waals surface area contributed by atoms with Gasteiger partial charge in [0.05, 0.1) is 5.56 Å². The lowest BCUT2D eigenvalue weighted by atomic mass is 9.76. The molecule has 0 radical (unpaired) electrons. The Morgan fingerprint density at radius 1 is 1.00 bits per heavy atom. The average molecular weight is 423 g/mol. The van der Waals surface area contributed by atoms with Gasteiger partial charge in [-0.2, -0.15) is 0 Å². The molecule has 0 aliphatic heterocycles. The largest absolute Gasteiger partial charge is 0.507 e. The van der Waals surface area contributed by atoms with E-state index < -0.39 is 0 Å². The predicted octanol–water partition coefficient (Wildman–Crippen LogP) is 7.44. The molecular formula is C28H38O3. The first-order chi connectivity index (χ1) is 14.7. The molecule has 0 bridgehead atoms. The van der Waals surface area contributed by atoms with Gasteiger partial charge < -0.3 is 10.2 Å². The maximum Gasteiger partial charge on any atom is 0.197 e. The van der Waals surface area contributed by atoms with Gasteiger partial charge in [0.25, 0.3) is 0 Å². The highest BCUT2D eigenvalue weighted by Crippen LogP contribution is 2.45. The van der Waals surface area contributed by atoms with E-state index in [9.17, 15) is 15.0 Å². The molecule has 1 aromatic carbocycles. The molecule has 31 heavy (non-hydrogen) atoms. The molecule has 0 saturated heterocycles. The summed E-state index contributed by atoms with van der Waals surface area (Å²) >= 11 is 0. The number of phenolic OH excluding ortho intramolecular Hbond substituents is 2. The normalized spacial score (nSPS) is 17.1. The SMILES string of the molecule is CC/C=C1/C(=O)c2c(O)c(C/C=C(/C)CC)c(O)c(C)c2C/C1=C(/CC)CC=C(C)C. The molecule has 168 valence electrons. The fourth-order valence-electron chi connectivity index (χ4n) is 4.13. The Kier molecular flexibility index (Phi) is 8.50. The summed E-state index contributed by atoms with van der Waals surface area (Å²) < 4.78 is 0. The highest BCUT2D eigenvalue weighted by atomic mass is 16.3. The van der Waals surface area contributed by atoms with Crippen molar-refractivity contribution < 1.29 is 15.0 Å². The van der Waals surface area contributed by atoms with E-state index >= 15 is 0 Å². The minimum atomic E-state index is -0.126. The Labute approximate surface area is 187 Å². The number of carbonyl (C=O) groups excluding carboxylic acids is 1. The molecule has 0 atom stereocenters. The average Bonchev–Trinajstić information content (AvgIpc) is 2.73. The van der Waals surface area contributed by atoms with E-state index in [-0.39, 0.29) is 17.3 Å². The monoisotopic (exact) mass is 422 g/mol. The second-order valence-electron chi connectivity index (χ2n) is 8.72. The quantitative estimate of drug-likeness (QED) is 0.354. The van der Waals surface area contributed by atoms with E-state index in [2.05, 4.69) is 33.8 Å². The van der Waals surface area contributed by atoms with E-state index in [0.717, 1.165) is 36.8 Å². The molecule has 0 unspecified atom stereocenters. The van der Waals surface area contributed by atoms with E-state index in [4.69, 9.17) is 0 Å². The first kappa shape index (κ1) is 24.7. The van der Waals surface area contributed by atoms with E-state index in [1.807, 2.05) is 32.9 Å². The van der Waals surface area contributed by atoms with Crippen LogP contribution in [0.1, 0.15) is 94.3 Å². The van der Waals surface area contributed by atoms with Crippen LogP contribution in [0, 0.1) is 6.92 Å². The highest BCUT2D eigenvalue weighted by molar-refractivity contribution is 6.16. The van der Waals surface area contributed by atoms with Crippen LogP contribution in [0.5, 0.6) is 11.5 Å². The molecule has 0 heterocycles. The van der Waals surface area contributed by atoms with Crippen molar-refractivity contribution in [3.8, 4) is 11.5 Å². The fourth-order valence-corrected chi connectivity index (χ4v) is 4.13. The molecule has 3 nitrogen and oxygen atoms in total. The molecule has 2 N–H and O–H groups in total. The summed E-state index contributed by atoms with van der Waals surface area (Å²) in [6.45, 7) is 14.3. The van der Waals surface area contributed by atoms with Crippen LogP contribution >= 0.6 is 0 Å². The summed E-state index contributed by atoms with van der Waals surface area (Å²) in [5.74, 6) is -0.0835. The Morgan fingerprint density at radius 2 is 1.68 bits per heavy atom. The Hall–Kier alpha value is -2.55. The summed E-state index contributed by atoms with van der Waals surface area (Å²) in [5, 5.41) is 22.0. The van der Waals surface area contributed by atoms with Gasteiger partial charge in [0, 0.05) is 11.1 Å². The second-order valence-corrected chi connectivity index (χ2v) is 8.72. The summed E-state index contributed by atoms with van der Waals surface area (Å²) in [6, 6.07) is 0. The van der Waals surface area contributed by atoms with Gasteiger partial charge in [0.15, 0.2) is 5.78 Å². The number of hydrogen-bond donors (Lipinski definition) is 2. The molecule has 1 aromatic rings. The Bertz CT molecular complexity index is 980. The molecule has 2 rings (SSSR count). The van der Waals surface area contributed by atoms with Gasteiger partial charge in [0.2, 0.25) is 0 Å². The minimum Gasteiger partial charge on any atom is -0.507 e. The Balaban J connectivity index is 2.75. The van der Waals surface area contributed by atoms with E-state index in [1.54, 1.807) is 0 Å². The van der Waals surface area contributed by atoms with Gasteiger partial charge in [-0.25, -0.2) is 0 Å². The summed E-state index contributed by atoms with van der Waals surface area (Å²) in [4.78, 5) is 13.6. The van der Waals surface area contributed by atoms with Crippen molar-refractivity contribution in [2.45, 2.75) is 87.0 Å². The third kappa shape index (κ3) is 5.20. The molecule has 0 fully saturated rings. The minimum absolute atomic E-state index is 0.0633. The highest BCUT2D eigenvalue weighted by Gasteiger charge is 2.33. The number of phenols is 2. The van der Waals surface area contributed by atoms with Gasteiger partial charge in [-0.05, 0) is 82.9 Å². The van der Waals surface area contributed by atoms with Crippen molar-refractivity contribution in [2.75, 3.05) is 0 Å². The second kappa shape index (κ2) is 10.7. The van der Waals surface area contributed by atoms with Gasteiger partial charge in [-0.3, -0.25) is 4.79 Å². The number of ketones is 1. The first-order valence-corrected chi connectivity index (χ1v) is 11.5. The van der Waals surface area contributed by atoms with Crippen molar-refractivity contribution in [1.29, 1.82) is 0 Å². The molecule has 0 spiro atoms. The number of Topliss-reactive ketones (excluding diaryl/α,β-unsaturated/α-hetero) is 1. The number of aromatic hydroxyl groups is 2. The van der Waals surface area contributed by atoms with Crippen LogP contribution in [0.15, 0.2) is 46.1 Å². The zero-order valence-electron chi connectivity index (χ0n) is 20.3. The van der Waals surface area contributed by atoms with Gasteiger partial charge in [0.1, 0.15) is 11.5 Å². The zero-order valence-corrected chi connectivity index (χ0v) is 20.3. The smallest absolute Gasteiger partial charge is 0.197 e. The number of carbonyl (C=O) groups is 1. The topological polar surface area (TPSA) is 57.5 Å². The van der Waals surface area contributed by atoms with Crippen LogP contribution in [-0.4, -0.2) is 16.0 Å². The molecule has 0 saturated carbocycles. The lowest BCUT2D eigenvalue weighted by Gasteiger charge is -2.27. The summed E-state index contributed by atoms with van der Waals surface area (Å²) in [6.07, 6.45) is 10.5. The number of rotatable bonds is 7. The van der Waals surface area contributed by atoms with Crippen molar-refractivity contribution >= 4 is 5.78 Å². The fraction of sp³-hybridized carbons (Fsp3) is 0.464. The third-order valence-electron chi connectivity index (χ3n) is 6.30. The van der Waals surface area contributed by atoms with Gasteiger partial charge >= 0.3 is 0 Å². The number of benzene rings is 1. The Morgan fingerprint density at radius 3 is 2.23 bits per heavy atom. The van der Waals surface area contributed by atoms with Gasteiger partial charge in [-0.15, -0.1) is 0 Å². The van der Waals surface area contributed by atoms with Crippen LogP contribution in [0.25, 0.3) is 0 Å². The number of fused-ring (bicyclic) bond motifs is 1. The number of allylic oxidation sites excluding steroid dienone is 8. The van der Waals surface area contributed by atoms with E-state index in [0.29, 0.717) is 35.1 Å². The van der Waals surface area contributed by atoms with Crippen molar-refractivity contribution in [3.63, 3.8) is 0 Å². The molecule has 0 amide bonds. The van der Waals surface area contributed by atoms with Crippen molar-refractivity contribution in [1.82, 2.24) is 0 Å². The predicted molar refractivity (Wildman–Crippen MR) is 130 cm³/mol. The van der Waals surface area contributed by atoms with Crippen LogP contribution < -0.4 is 0 Å². The molecular weight excluding hydrogens is 384 g/mol. The lowest BCUT2D eigenvalue weighted by Crippen LogP contribution is -2.20. The van der Waals surface area contributed by atoms with Crippen molar-refractivity contribution in [3.05, 3.63) is 68.3 Å². The van der Waals surface area contributed by atoms with E-state index in [1.165, 1.54) is 16.7 Å². The standard InChI is InChI=1S/C28H38O3/c1-8-11-21-24(20(10-3)14-12-17(4)5)16-23-19(7)26(29)22(15-13-18(6)9-2)28(31)25(23)27(21)30/h11-13,29,31H,8-10,14-16H2,1-7H3/b18-13-,21-11+,24-20+. The maximum absolute atomic E-state index is 13.6. The van der Waals surface area contributed by atoms with Crippen LogP contribution in [0.4, 0.5) is 0 Å². The van der Waals surface area contributed by atoms with Crippen LogP contribution in [0.2, 0.25) is 0 Å².